The van der Waals surface area contributed by atoms with Crippen molar-refractivity contribution < 1.29 is 18.9 Å². The summed E-state index contributed by atoms with van der Waals surface area (Å²) in [5.41, 5.74) is 1.66. The highest BCUT2D eigenvalue weighted by Crippen LogP contribution is 2.42. The molecule has 2 aromatic heterocycles. The van der Waals surface area contributed by atoms with Crippen molar-refractivity contribution in [1.82, 2.24) is 9.97 Å². The van der Waals surface area contributed by atoms with E-state index in [1.807, 2.05) is 30.3 Å². The number of nitrogens with zero attached hydrogens (tertiary/aromatic N) is 2. The molecule has 8 heteroatoms. The van der Waals surface area contributed by atoms with Crippen molar-refractivity contribution in [2.24, 2.45) is 0 Å². The van der Waals surface area contributed by atoms with Crippen molar-refractivity contribution in [2.45, 2.75) is 0 Å². The monoisotopic (exact) mass is 397 g/mol. The normalized spacial score (nSPS) is 10.9. The second-order valence-corrected chi connectivity index (χ2v) is 6.96. The summed E-state index contributed by atoms with van der Waals surface area (Å²) < 4.78 is 23.6. The molecule has 2 heterocycles. The average molecular weight is 397 g/mol. The van der Waals surface area contributed by atoms with Crippen molar-refractivity contribution in [2.75, 3.05) is 33.8 Å². The van der Waals surface area contributed by atoms with Crippen molar-refractivity contribution in [3.05, 3.63) is 36.7 Å². The Labute approximate surface area is 165 Å². The summed E-state index contributed by atoms with van der Waals surface area (Å²) in [5, 5.41) is 4.42. The fraction of sp³-hybridized carbons (Fsp3) is 0.200. The number of nitrogens with one attached hydrogen (secondary N) is 1. The second kappa shape index (κ2) is 7.40. The first-order valence-corrected chi connectivity index (χ1v) is 9.28. The number of anilines is 2. The van der Waals surface area contributed by atoms with E-state index < -0.39 is 0 Å². The Morgan fingerprint density at radius 1 is 0.857 bits per heavy atom. The molecule has 4 aromatic rings. The van der Waals surface area contributed by atoms with Crippen LogP contribution in [-0.2, 0) is 0 Å². The maximum absolute atomic E-state index is 5.43. The number of ether oxygens (including phenoxy) is 4. The molecule has 0 aliphatic carbocycles. The van der Waals surface area contributed by atoms with Crippen LogP contribution in [0.25, 0.3) is 20.3 Å². The second-order valence-electron chi connectivity index (χ2n) is 5.90. The largest absolute Gasteiger partial charge is 0.497 e. The Morgan fingerprint density at radius 2 is 1.61 bits per heavy atom. The van der Waals surface area contributed by atoms with Crippen LogP contribution >= 0.6 is 11.3 Å². The topological polar surface area (TPSA) is 74.7 Å². The lowest BCUT2D eigenvalue weighted by Gasteiger charge is -2.15. The zero-order valence-corrected chi connectivity index (χ0v) is 16.7. The first-order chi connectivity index (χ1) is 13.7. The van der Waals surface area contributed by atoms with Crippen LogP contribution in [0.2, 0.25) is 0 Å². The van der Waals surface area contributed by atoms with Crippen LogP contribution < -0.4 is 24.3 Å². The highest BCUT2D eigenvalue weighted by Gasteiger charge is 2.16. The smallest absolute Gasteiger partial charge is 0.203 e. The van der Waals surface area contributed by atoms with Gasteiger partial charge in [0.1, 0.15) is 12.1 Å². The van der Waals surface area contributed by atoms with Crippen LogP contribution in [0.15, 0.2) is 36.7 Å². The van der Waals surface area contributed by atoms with E-state index in [1.165, 1.54) is 0 Å². The lowest BCUT2D eigenvalue weighted by molar-refractivity contribution is 0.324. The Balaban J connectivity index is 1.82. The van der Waals surface area contributed by atoms with Crippen LogP contribution in [0, 0.1) is 0 Å². The number of thiophene rings is 1. The number of methoxy groups -OCH3 is 4. The van der Waals surface area contributed by atoms with Gasteiger partial charge >= 0.3 is 0 Å². The zero-order valence-electron chi connectivity index (χ0n) is 15.9. The van der Waals surface area contributed by atoms with E-state index >= 15 is 0 Å². The van der Waals surface area contributed by atoms with Crippen molar-refractivity contribution in [3.8, 4) is 23.0 Å². The van der Waals surface area contributed by atoms with Crippen LogP contribution in [0.4, 0.5) is 11.5 Å². The summed E-state index contributed by atoms with van der Waals surface area (Å²) in [7, 11) is 6.41. The third kappa shape index (κ3) is 3.01. The quantitative estimate of drug-likeness (QED) is 0.509. The van der Waals surface area contributed by atoms with Gasteiger partial charge in [0.25, 0.3) is 0 Å². The molecule has 0 saturated heterocycles. The van der Waals surface area contributed by atoms with Gasteiger partial charge in [0.15, 0.2) is 17.3 Å². The van der Waals surface area contributed by atoms with Gasteiger partial charge in [0.05, 0.1) is 38.7 Å². The van der Waals surface area contributed by atoms with Gasteiger partial charge in [-0.15, -0.1) is 11.3 Å². The molecular formula is C20H19N3O4S. The molecule has 0 bridgehead atoms. The summed E-state index contributed by atoms with van der Waals surface area (Å²) in [6, 6.07) is 9.63. The number of aromatic nitrogens is 2. The molecule has 0 amide bonds. The maximum Gasteiger partial charge on any atom is 0.203 e. The molecule has 0 saturated carbocycles. The van der Waals surface area contributed by atoms with E-state index in [-0.39, 0.29) is 0 Å². The third-order valence-electron chi connectivity index (χ3n) is 4.39. The average Bonchev–Trinajstić information content (AvgIpc) is 3.11. The summed E-state index contributed by atoms with van der Waals surface area (Å²) in [6.07, 6.45) is 1.55. The summed E-state index contributed by atoms with van der Waals surface area (Å²) in [4.78, 5) is 8.91. The van der Waals surface area contributed by atoms with Gasteiger partial charge in [-0.3, -0.25) is 0 Å². The number of benzene rings is 2. The summed E-state index contributed by atoms with van der Waals surface area (Å²) >= 11 is 1.61. The molecule has 0 aliphatic rings. The fourth-order valence-electron chi connectivity index (χ4n) is 3.06. The van der Waals surface area contributed by atoms with Crippen molar-refractivity contribution >= 4 is 43.1 Å². The highest BCUT2D eigenvalue weighted by molar-refractivity contribution is 7.26. The molecule has 7 nitrogen and oxygen atoms in total. The standard InChI is InChI=1S/C20H19N3O4S/c1-24-12-5-6-13-16(9-12)28-19-17(13)21-10-22-20(19)23-11-7-14(25-2)18(27-4)15(8-11)26-3/h5-10H,1-4H3,(H,21,22,23). The summed E-state index contributed by atoms with van der Waals surface area (Å²) in [5.74, 6) is 3.19. The SMILES string of the molecule is COc1ccc2c(c1)sc1c(Nc3cc(OC)c(OC)c(OC)c3)ncnc12. The van der Waals surface area contributed by atoms with E-state index in [2.05, 4.69) is 15.3 Å². The Bertz CT molecular complexity index is 1130. The van der Waals surface area contributed by atoms with E-state index in [0.717, 1.165) is 31.7 Å². The van der Waals surface area contributed by atoms with Gasteiger partial charge in [0, 0.05) is 27.9 Å². The van der Waals surface area contributed by atoms with Gasteiger partial charge in [-0.05, 0) is 18.2 Å². The minimum atomic E-state index is 0.539. The first-order valence-electron chi connectivity index (χ1n) is 8.46. The zero-order chi connectivity index (χ0) is 19.7. The van der Waals surface area contributed by atoms with Crippen molar-refractivity contribution in [3.63, 3.8) is 0 Å². The maximum atomic E-state index is 5.43. The van der Waals surface area contributed by atoms with E-state index in [4.69, 9.17) is 18.9 Å². The Hall–Kier alpha value is -3.26. The van der Waals surface area contributed by atoms with Crippen LogP contribution in [0.5, 0.6) is 23.0 Å². The Kier molecular flexibility index (Phi) is 4.79. The third-order valence-corrected chi connectivity index (χ3v) is 5.54. The summed E-state index contributed by atoms with van der Waals surface area (Å²) in [6.45, 7) is 0. The van der Waals surface area contributed by atoms with Gasteiger partial charge < -0.3 is 24.3 Å². The van der Waals surface area contributed by atoms with Crippen LogP contribution in [-0.4, -0.2) is 38.4 Å². The van der Waals surface area contributed by atoms with E-state index in [1.54, 1.807) is 46.1 Å². The number of hydrogen-bond acceptors (Lipinski definition) is 8. The van der Waals surface area contributed by atoms with Gasteiger partial charge in [-0.1, -0.05) is 0 Å². The lowest BCUT2D eigenvalue weighted by Crippen LogP contribution is -1.99. The number of rotatable bonds is 6. The Morgan fingerprint density at radius 3 is 2.25 bits per heavy atom. The predicted molar refractivity (Wildman–Crippen MR) is 111 cm³/mol. The molecule has 0 aliphatic heterocycles. The first kappa shape index (κ1) is 18.1. The predicted octanol–water partition coefficient (Wildman–Crippen LogP) is 4.62. The number of hydrogen-bond donors (Lipinski definition) is 1. The van der Waals surface area contributed by atoms with Gasteiger partial charge in [0.2, 0.25) is 5.75 Å². The molecule has 1 N–H and O–H groups in total. The molecular weight excluding hydrogens is 378 g/mol. The molecule has 0 radical (unpaired) electrons. The van der Waals surface area contributed by atoms with Gasteiger partial charge in [-0.25, -0.2) is 9.97 Å². The molecule has 0 atom stereocenters. The van der Waals surface area contributed by atoms with Crippen molar-refractivity contribution in [1.29, 1.82) is 0 Å². The molecule has 4 rings (SSSR count). The molecule has 0 spiro atoms. The minimum Gasteiger partial charge on any atom is -0.497 e. The highest BCUT2D eigenvalue weighted by atomic mass is 32.1. The van der Waals surface area contributed by atoms with Crippen LogP contribution in [0.3, 0.4) is 0 Å². The molecule has 144 valence electrons. The van der Waals surface area contributed by atoms with E-state index in [0.29, 0.717) is 23.1 Å². The minimum absolute atomic E-state index is 0.539. The fourth-order valence-corrected chi connectivity index (χ4v) is 4.19. The van der Waals surface area contributed by atoms with Crippen LogP contribution in [0.1, 0.15) is 0 Å². The van der Waals surface area contributed by atoms with E-state index in [9.17, 15) is 0 Å². The molecule has 28 heavy (non-hydrogen) atoms. The molecule has 0 unspecified atom stereocenters. The molecule has 0 fully saturated rings. The number of fused-ring (bicyclic) bond motifs is 3. The lowest BCUT2D eigenvalue weighted by atomic mass is 10.2. The van der Waals surface area contributed by atoms with Gasteiger partial charge in [-0.2, -0.15) is 0 Å². The molecule has 2 aromatic carbocycles.